The summed E-state index contributed by atoms with van der Waals surface area (Å²) in [6.07, 6.45) is 0. The molecule has 0 aromatic heterocycles. The van der Waals surface area contributed by atoms with Crippen molar-refractivity contribution in [1.29, 1.82) is 0 Å². The van der Waals surface area contributed by atoms with Crippen molar-refractivity contribution >= 4 is 84.6 Å². The number of benzene rings is 4. The van der Waals surface area contributed by atoms with Crippen molar-refractivity contribution in [1.82, 2.24) is 0 Å². The Bertz CT molecular complexity index is 1040. The van der Waals surface area contributed by atoms with E-state index in [1.165, 1.54) is 14.7 Å². The molecule has 31 heavy (non-hydrogen) atoms. The smallest absolute Gasteiger partial charge is 0.166 e. The maximum absolute atomic E-state index is 10.6. The Morgan fingerprint density at radius 3 is 1.39 bits per heavy atom. The van der Waals surface area contributed by atoms with Gasteiger partial charge in [-0.05, 0) is 116 Å². The van der Waals surface area contributed by atoms with E-state index in [2.05, 4.69) is 136 Å². The highest BCUT2D eigenvalue weighted by molar-refractivity contribution is 14.1. The van der Waals surface area contributed by atoms with Crippen LogP contribution in [0.1, 0.15) is 10.4 Å². The molecule has 4 rings (SSSR count). The molecule has 0 bridgehead atoms. The Kier molecular flexibility index (Phi) is 9.67. The number of carbonyl (C=O) groups is 1. The maximum atomic E-state index is 10.6. The van der Waals surface area contributed by atoms with Crippen molar-refractivity contribution in [2.45, 2.75) is 14.7 Å². The van der Waals surface area contributed by atoms with E-state index in [4.69, 9.17) is 0 Å². The lowest BCUT2D eigenvalue weighted by atomic mass is 10.2. The maximum Gasteiger partial charge on any atom is 0.166 e. The number of halogens is 3. The van der Waals surface area contributed by atoms with Gasteiger partial charge in [-0.3, -0.25) is 0 Å². The normalized spacial score (nSPS) is 10.3. The zero-order valence-electron chi connectivity index (χ0n) is 16.2. The Morgan fingerprint density at radius 2 is 1.03 bits per heavy atom. The molecule has 0 unspecified atom stereocenters. The van der Waals surface area contributed by atoms with E-state index in [1.54, 1.807) is 6.07 Å². The van der Waals surface area contributed by atoms with Crippen molar-refractivity contribution in [3.05, 3.63) is 119 Å². The van der Waals surface area contributed by atoms with Crippen LogP contribution >= 0.6 is 67.8 Å². The van der Waals surface area contributed by atoms with Crippen LogP contribution in [0.15, 0.2) is 118 Å². The van der Waals surface area contributed by atoms with Gasteiger partial charge in [-0.25, -0.2) is 0 Å². The van der Waals surface area contributed by atoms with Crippen molar-refractivity contribution in [3.63, 3.8) is 0 Å². The molecule has 6 heteroatoms. The number of rotatable bonds is 4. The lowest BCUT2D eigenvalue weighted by Gasteiger charge is -2.07. The summed E-state index contributed by atoms with van der Waals surface area (Å²) in [5, 5.41) is 10.6. The summed E-state index contributed by atoms with van der Waals surface area (Å²) in [5.74, 6) is -1.11. The molecule has 0 saturated heterocycles. The van der Waals surface area contributed by atoms with E-state index in [0.29, 0.717) is 0 Å². The first-order valence-electron chi connectivity index (χ1n) is 9.22. The van der Waals surface area contributed by atoms with Gasteiger partial charge in [0.25, 0.3) is 0 Å². The van der Waals surface area contributed by atoms with E-state index in [0.717, 1.165) is 10.7 Å². The molecular formula is C25H17I3O2S. The molecule has 0 amide bonds. The minimum absolute atomic E-state index is 0.0146. The number of carboxylic acids is 1. The van der Waals surface area contributed by atoms with E-state index in [1.807, 2.05) is 28.7 Å². The minimum atomic E-state index is -1.11. The van der Waals surface area contributed by atoms with Crippen LogP contribution < -0.4 is 5.11 Å². The quantitative estimate of drug-likeness (QED) is 0.133. The molecule has 0 atom stereocenters. The predicted molar refractivity (Wildman–Crippen MR) is 150 cm³/mol. The third-order valence-electron chi connectivity index (χ3n) is 4.15. The van der Waals surface area contributed by atoms with Gasteiger partial charge >= 0.3 is 0 Å². The largest absolute Gasteiger partial charge is 0.545 e. The predicted octanol–water partition coefficient (Wildman–Crippen LogP) is 6.65. The van der Waals surface area contributed by atoms with E-state index in [-0.39, 0.29) is 16.5 Å². The molecule has 156 valence electrons. The lowest BCUT2D eigenvalue weighted by molar-refractivity contribution is -0.255. The SMILES string of the molecule is O=C([O-])c1cc(I)cc(I)c1I.c1ccc([S+](c2ccccc2)c2ccccc2)cc1. The summed E-state index contributed by atoms with van der Waals surface area (Å²) in [5.41, 5.74) is 0.270. The molecule has 0 saturated carbocycles. The third-order valence-corrected chi connectivity index (χ3v) is 10.0. The Labute approximate surface area is 226 Å². The van der Waals surface area contributed by atoms with Crippen molar-refractivity contribution in [3.8, 4) is 0 Å². The Balaban J connectivity index is 0.000000196. The molecule has 0 fully saturated rings. The van der Waals surface area contributed by atoms with Gasteiger partial charge in [0.1, 0.15) is 0 Å². The molecule has 4 aromatic carbocycles. The average Bonchev–Trinajstić information content (AvgIpc) is 2.79. The van der Waals surface area contributed by atoms with Gasteiger partial charge in [-0.2, -0.15) is 0 Å². The molecule has 4 aromatic rings. The second kappa shape index (κ2) is 12.2. The number of carboxylic acid groups (broad SMARTS) is 1. The van der Waals surface area contributed by atoms with Gasteiger partial charge in [0.2, 0.25) is 0 Å². The lowest BCUT2D eigenvalue weighted by Crippen LogP contribution is -2.23. The summed E-state index contributed by atoms with van der Waals surface area (Å²) >= 11 is 6.19. The van der Waals surface area contributed by atoms with Gasteiger partial charge in [-0.1, -0.05) is 54.6 Å². The fourth-order valence-corrected chi connectivity index (χ4v) is 7.26. The van der Waals surface area contributed by atoms with Crippen LogP contribution in [0.2, 0.25) is 0 Å². The monoisotopic (exact) mass is 762 g/mol. The second-order valence-corrected chi connectivity index (χ2v) is 11.8. The highest BCUT2D eigenvalue weighted by atomic mass is 127. The fraction of sp³-hybridized carbons (Fsp3) is 0. The second-order valence-electron chi connectivity index (χ2n) is 6.28. The Morgan fingerprint density at radius 1 is 0.645 bits per heavy atom. The van der Waals surface area contributed by atoms with Crippen molar-refractivity contribution < 1.29 is 9.90 Å². The summed E-state index contributed by atoms with van der Waals surface area (Å²) in [7, 11) is -0.0146. The molecule has 0 heterocycles. The summed E-state index contributed by atoms with van der Waals surface area (Å²) in [6, 6.07) is 35.7. The minimum Gasteiger partial charge on any atom is -0.545 e. The first-order chi connectivity index (χ1) is 15.0. The zero-order chi connectivity index (χ0) is 22.2. The highest BCUT2D eigenvalue weighted by Crippen LogP contribution is 2.30. The van der Waals surface area contributed by atoms with Gasteiger partial charge < -0.3 is 9.90 Å². The van der Waals surface area contributed by atoms with E-state index >= 15 is 0 Å². The number of aromatic carboxylic acids is 1. The van der Waals surface area contributed by atoms with E-state index < -0.39 is 5.97 Å². The summed E-state index contributed by atoms with van der Waals surface area (Å²) < 4.78 is 2.60. The van der Waals surface area contributed by atoms with Crippen molar-refractivity contribution in [2.75, 3.05) is 0 Å². The molecule has 0 aliphatic rings. The fourth-order valence-electron chi connectivity index (χ4n) is 2.78. The van der Waals surface area contributed by atoms with Crippen molar-refractivity contribution in [2.24, 2.45) is 0 Å². The van der Waals surface area contributed by atoms with E-state index in [9.17, 15) is 9.90 Å². The zero-order valence-corrected chi connectivity index (χ0v) is 23.5. The van der Waals surface area contributed by atoms with Gasteiger partial charge in [-0.15, -0.1) is 0 Å². The molecular weight excluding hydrogens is 745 g/mol. The Hall–Kier alpha value is -1.11. The van der Waals surface area contributed by atoms with Crippen LogP contribution in [0, 0.1) is 10.7 Å². The number of hydrogen-bond donors (Lipinski definition) is 0. The number of carbonyl (C=O) groups excluding carboxylic acids is 1. The van der Waals surface area contributed by atoms with Gasteiger partial charge in [0.05, 0.1) is 16.9 Å². The molecule has 0 aliphatic carbocycles. The topological polar surface area (TPSA) is 40.1 Å². The first-order valence-corrected chi connectivity index (χ1v) is 13.7. The van der Waals surface area contributed by atoms with Gasteiger partial charge in [0, 0.05) is 16.3 Å². The molecule has 2 nitrogen and oxygen atoms in total. The third kappa shape index (κ3) is 6.93. The molecule has 0 N–H and O–H groups in total. The summed E-state index contributed by atoms with van der Waals surface area (Å²) in [6.45, 7) is 0. The van der Waals surface area contributed by atoms with Gasteiger partial charge in [0.15, 0.2) is 14.7 Å². The average molecular weight is 762 g/mol. The number of hydrogen-bond acceptors (Lipinski definition) is 2. The molecule has 0 spiro atoms. The van der Waals surface area contributed by atoms with Crippen LogP contribution in [0.25, 0.3) is 0 Å². The van der Waals surface area contributed by atoms with Crippen LogP contribution in [0.4, 0.5) is 0 Å². The standard InChI is InChI=1S/C18H15S.C7H3I3O2/c1-4-10-16(11-5-1)19(17-12-6-2-7-13-17)18-14-8-3-9-15-18;8-3-1-4(7(11)12)6(10)5(9)2-3/h1-15H;1-2H,(H,11,12)/q+1;/p-1. The van der Waals surface area contributed by atoms with Crippen LogP contribution in [0.5, 0.6) is 0 Å². The van der Waals surface area contributed by atoms with Crippen LogP contribution in [-0.2, 0) is 10.9 Å². The van der Waals surface area contributed by atoms with Crippen LogP contribution in [0.3, 0.4) is 0 Å². The van der Waals surface area contributed by atoms with Crippen LogP contribution in [-0.4, -0.2) is 5.97 Å². The molecule has 0 aliphatic heterocycles. The first kappa shape index (κ1) is 24.5. The molecule has 0 radical (unpaired) electrons. The highest BCUT2D eigenvalue weighted by Gasteiger charge is 2.27. The summed E-state index contributed by atoms with van der Waals surface area (Å²) in [4.78, 5) is 14.7.